The van der Waals surface area contributed by atoms with E-state index in [4.69, 9.17) is 4.98 Å². The number of alkyl halides is 1. The number of likely N-dealkylation sites (tertiary alicyclic amines) is 1. The van der Waals surface area contributed by atoms with E-state index < -0.39 is 0 Å². The molecule has 0 radical (unpaired) electrons. The lowest BCUT2D eigenvalue weighted by atomic mass is 10.00. The highest BCUT2D eigenvalue weighted by molar-refractivity contribution is 9.09. The number of hydrogen-bond acceptors (Lipinski definition) is 2. The monoisotopic (exact) mass is 332 g/mol. The number of piperidine rings is 1. The molecular weight excluding hydrogens is 312 g/mol. The van der Waals surface area contributed by atoms with E-state index in [1.165, 1.54) is 43.3 Å². The van der Waals surface area contributed by atoms with E-state index in [9.17, 15) is 0 Å². The zero-order chi connectivity index (χ0) is 13.8. The first kappa shape index (κ1) is 14.0. The van der Waals surface area contributed by atoms with Crippen LogP contribution in [0.25, 0.3) is 10.9 Å². The fraction of sp³-hybridized carbons (Fsp3) is 0.471. The Morgan fingerprint density at radius 3 is 2.95 bits per heavy atom. The lowest BCUT2D eigenvalue weighted by Crippen LogP contribution is -2.39. The maximum absolute atomic E-state index is 4.81. The summed E-state index contributed by atoms with van der Waals surface area (Å²) in [6, 6.07) is 13.5. The van der Waals surface area contributed by atoms with Crippen molar-refractivity contribution >= 4 is 26.8 Å². The summed E-state index contributed by atoms with van der Waals surface area (Å²) in [5.74, 6) is 0. The van der Waals surface area contributed by atoms with E-state index >= 15 is 0 Å². The second-order valence-electron chi connectivity index (χ2n) is 5.59. The van der Waals surface area contributed by atoms with Gasteiger partial charge in [-0.2, -0.15) is 0 Å². The lowest BCUT2D eigenvalue weighted by molar-refractivity contribution is 0.136. The largest absolute Gasteiger partial charge is 0.295 e. The first-order valence-electron chi connectivity index (χ1n) is 7.51. The van der Waals surface area contributed by atoms with Crippen LogP contribution in [0.5, 0.6) is 0 Å². The van der Waals surface area contributed by atoms with Gasteiger partial charge in [0, 0.05) is 23.3 Å². The van der Waals surface area contributed by atoms with Crippen molar-refractivity contribution in [3.05, 3.63) is 42.1 Å². The summed E-state index contributed by atoms with van der Waals surface area (Å²) in [4.78, 5) is 7.42. The van der Waals surface area contributed by atoms with Gasteiger partial charge >= 0.3 is 0 Å². The van der Waals surface area contributed by atoms with Crippen molar-refractivity contribution < 1.29 is 0 Å². The summed E-state index contributed by atoms with van der Waals surface area (Å²) in [7, 11) is 0. The molecular formula is C17H21BrN2. The van der Waals surface area contributed by atoms with Crippen molar-refractivity contribution in [2.75, 3.05) is 11.9 Å². The highest BCUT2D eigenvalue weighted by atomic mass is 79.9. The molecule has 0 spiro atoms. The van der Waals surface area contributed by atoms with Crippen molar-refractivity contribution in [3.63, 3.8) is 0 Å². The molecule has 1 aromatic heterocycles. The van der Waals surface area contributed by atoms with Gasteiger partial charge in [0.2, 0.25) is 0 Å². The molecule has 106 valence electrons. The third kappa shape index (κ3) is 3.21. The second-order valence-corrected chi connectivity index (χ2v) is 6.39. The topological polar surface area (TPSA) is 16.1 Å². The van der Waals surface area contributed by atoms with Crippen LogP contribution in [0.4, 0.5) is 0 Å². The van der Waals surface area contributed by atoms with Crippen LogP contribution >= 0.6 is 15.9 Å². The summed E-state index contributed by atoms with van der Waals surface area (Å²) >= 11 is 3.59. The third-order valence-corrected chi connectivity index (χ3v) is 4.67. The third-order valence-electron chi connectivity index (χ3n) is 4.21. The van der Waals surface area contributed by atoms with Gasteiger partial charge < -0.3 is 0 Å². The summed E-state index contributed by atoms with van der Waals surface area (Å²) < 4.78 is 0. The van der Waals surface area contributed by atoms with Crippen LogP contribution in [0, 0.1) is 0 Å². The summed E-state index contributed by atoms with van der Waals surface area (Å²) in [5.41, 5.74) is 2.31. The molecule has 1 fully saturated rings. The van der Waals surface area contributed by atoms with Crippen LogP contribution in [0.2, 0.25) is 0 Å². The first-order valence-corrected chi connectivity index (χ1v) is 8.63. The SMILES string of the molecule is BrCCC1CCCCN1Cc1ccc2ccccc2n1. The average molecular weight is 333 g/mol. The minimum absolute atomic E-state index is 0.719. The molecule has 1 unspecified atom stereocenters. The number of halogens is 1. The summed E-state index contributed by atoms with van der Waals surface area (Å²) in [5, 5.41) is 2.33. The van der Waals surface area contributed by atoms with Gasteiger partial charge in [0.25, 0.3) is 0 Å². The van der Waals surface area contributed by atoms with Gasteiger partial charge in [-0.05, 0) is 37.9 Å². The van der Waals surface area contributed by atoms with Crippen molar-refractivity contribution in [1.82, 2.24) is 9.88 Å². The maximum Gasteiger partial charge on any atom is 0.0705 e. The van der Waals surface area contributed by atoms with Gasteiger partial charge in [-0.1, -0.05) is 46.6 Å². The minimum Gasteiger partial charge on any atom is -0.295 e. The van der Waals surface area contributed by atoms with E-state index in [2.05, 4.69) is 57.2 Å². The van der Waals surface area contributed by atoms with Gasteiger partial charge in [-0.3, -0.25) is 9.88 Å². The van der Waals surface area contributed by atoms with Gasteiger partial charge in [0.15, 0.2) is 0 Å². The molecule has 1 atom stereocenters. The molecule has 1 saturated heterocycles. The zero-order valence-electron chi connectivity index (χ0n) is 11.8. The zero-order valence-corrected chi connectivity index (χ0v) is 13.3. The predicted molar refractivity (Wildman–Crippen MR) is 88.2 cm³/mol. The van der Waals surface area contributed by atoms with Crippen molar-refractivity contribution in [2.45, 2.75) is 38.3 Å². The van der Waals surface area contributed by atoms with E-state index in [0.717, 1.165) is 23.4 Å². The standard InChI is InChI=1S/C17H21BrN2/c18-11-10-16-6-3-4-12-20(16)13-15-9-8-14-5-1-2-7-17(14)19-15/h1-2,5,7-9,16H,3-4,6,10-13H2. The lowest BCUT2D eigenvalue weighted by Gasteiger charge is -2.35. The highest BCUT2D eigenvalue weighted by Crippen LogP contribution is 2.22. The van der Waals surface area contributed by atoms with Gasteiger partial charge in [-0.25, -0.2) is 0 Å². The minimum atomic E-state index is 0.719. The molecule has 0 amide bonds. The Morgan fingerprint density at radius 1 is 1.15 bits per heavy atom. The van der Waals surface area contributed by atoms with Crippen LogP contribution < -0.4 is 0 Å². The molecule has 1 aliphatic heterocycles. The Kier molecular flexibility index (Phi) is 4.69. The average Bonchev–Trinajstić information content (AvgIpc) is 2.49. The fourth-order valence-corrected chi connectivity index (χ4v) is 3.65. The second kappa shape index (κ2) is 6.68. The summed E-state index contributed by atoms with van der Waals surface area (Å²) in [6.07, 6.45) is 5.28. The number of hydrogen-bond donors (Lipinski definition) is 0. The number of para-hydroxylation sites is 1. The van der Waals surface area contributed by atoms with Crippen molar-refractivity contribution in [3.8, 4) is 0 Å². The Morgan fingerprint density at radius 2 is 2.05 bits per heavy atom. The highest BCUT2D eigenvalue weighted by Gasteiger charge is 2.22. The van der Waals surface area contributed by atoms with E-state index in [1.54, 1.807) is 0 Å². The molecule has 0 N–H and O–H groups in total. The molecule has 0 aliphatic carbocycles. The van der Waals surface area contributed by atoms with Crippen LogP contribution in [0.1, 0.15) is 31.4 Å². The molecule has 3 heteroatoms. The normalized spacial score (nSPS) is 20.4. The Balaban J connectivity index is 1.77. The molecule has 2 nitrogen and oxygen atoms in total. The molecule has 2 heterocycles. The van der Waals surface area contributed by atoms with Gasteiger partial charge in [-0.15, -0.1) is 0 Å². The number of fused-ring (bicyclic) bond motifs is 1. The Bertz CT molecular complexity index is 568. The van der Waals surface area contributed by atoms with E-state index in [1.807, 2.05) is 0 Å². The molecule has 1 aromatic carbocycles. The van der Waals surface area contributed by atoms with Crippen molar-refractivity contribution in [1.29, 1.82) is 0 Å². The molecule has 0 saturated carbocycles. The van der Waals surface area contributed by atoms with Crippen LogP contribution in [0.15, 0.2) is 36.4 Å². The molecule has 0 bridgehead atoms. The molecule has 20 heavy (non-hydrogen) atoms. The number of nitrogens with zero attached hydrogens (tertiary/aromatic N) is 2. The number of rotatable bonds is 4. The molecule has 1 aliphatic rings. The van der Waals surface area contributed by atoms with E-state index in [-0.39, 0.29) is 0 Å². The predicted octanol–water partition coefficient (Wildman–Crippen LogP) is 4.37. The van der Waals surface area contributed by atoms with E-state index in [0.29, 0.717) is 0 Å². The molecule has 3 rings (SSSR count). The first-order chi connectivity index (χ1) is 9.86. The Hall–Kier alpha value is -0.930. The maximum atomic E-state index is 4.81. The quantitative estimate of drug-likeness (QED) is 0.772. The molecule has 2 aromatic rings. The number of benzene rings is 1. The van der Waals surface area contributed by atoms with Crippen LogP contribution in [-0.2, 0) is 6.54 Å². The smallest absolute Gasteiger partial charge is 0.0705 e. The summed E-state index contributed by atoms with van der Waals surface area (Å²) in [6.45, 7) is 2.20. The fourth-order valence-electron chi connectivity index (χ4n) is 3.13. The van der Waals surface area contributed by atoms with Crippen LogP contribution in [-0.4, -0.2) is 27.8 Å². The Labute approximate surface area is 129 Å². The van der Waals surface area contributed by atoms with Crippen LogP contribution in [0.3, 0.4) is 0 Å². The number of pyridine rings is 1. The van der Waals surface area contributed by atoms with Gasteiger partial charge in [0.1, 0.15) is 0 Å². The van der Waals surface area contributed by atoms with Crippen molar-refractivity contribution in [2.24, 2.45) is 0 Å². The van der Waals surface area contributed by atoms with Gasteiger partial charge in [0.05, 0.1) is 11.2 Å². The number of aromatic nitrogens is 1.